The fourth-order valence-electron chi connectivity index (χ4n) is 16.3. The zero-order chi connectivity index (χ0) is 50.6. The van der Waals surface area contributed by atoms with Gasteiger partial charge in [-0.1, -0.05) is 213 Å². The Morgan fingerprint density at radius 2 is 0.959 bits per heavy atom. The van der Waals surface area contributed by atoms with Crippen LogP contribution in [0, 0.1) is 0 Å². The van der Waals surface area contributed by atoms with Crippen LogP contribution in [0.2, 0.25) is 0 Å². The summed E-state index contributed by atoms with van der Waals surface area (Å²) in [6.07, 6.45) is 9.30. The van der Waals surface area contributed by atoms with Crippen molar-refractivity contribution in [2.24, 2.45) is 0 Å². The van der Waals surface area contributed by atoms with Gasteiger partial charge in [0, 0.05) is 50.5 Å². The minimum absolute atomic E-state index is 0.0330. The first-order valence-corrected chi connectivity index (χ1v) is 28.0. The molecular formula is C70H70BN3. The normalized spacial score (nSPS) is 24.2. The van der Waals surface area contributed by atoms with Crippen molar-refractivity contribution in [3.63, 3.8) is 0 Å². The van der Waals surface area contributed by atoms with Gasteiger partial charge < -0.3 is 14.7 Å². The van der Waals surface area contributed by atoms with Gasteiger partial charge in [-0.25, -0.2) is 0 Å². The number of anilines is 7. The second-order valence-electron chi connectivity index (χ2n) is 25.5. The summed E-state index contributed by atoms with van der Waals surface area (Å²) in [4.78, 5) is 8.56. The van der Waals surface area contributed by atoms with Gasteiger partial charge in [0.25, 0.3) is 6.71 Å². The molecule has 8 aromatic carbocycles. The number of rotatable bonds is 5. The van der Waals surface area contributed by atoms with E-state index in [0.717, 1.165) is 25.7 Å². The van der Waals surface area contributed by atoms with Gasteiger partial charge in [0.05, 0.1) is 16.8 Å². The smallest absolute Gasteiger partial charge is 0.252 e. The lowest BCUT2D eigenvalue weighted by Gasteiger charge is -2.55. The highest BCUT2D eigenvalue weighted by Crippen LogP contribution is 2.67. The predicted molar refractivity (Wildman–Crippen MR) is 314 cm³/mol. The molecule has 0 spiro atoms. The van der Waals surface area contributed by atoms with Crippen molar-refractivity contribution in [1.29, 1.82) is 0 Å². The van der Waals surface area contributed by atoms with Gasteiger partial charge in [0.1, 0.15) is 0 Å². The van der Waals surface area contributed by atoms with Crippen LogP contribution >= 0.6 is 0 Å². The van der Waals surface area contributed by atoms with E-state index in [-0.39, 0.29) is 39.5 Å². The summed E-state index contributed by atoms with van der Waals surface area (Å²) < 4.78 is 0. The molecular weight excluding hydrogens is 894 g/mol. The molecule has 4 heteroatoms. The van der Waals surface area contributed by atoms with Crippen molar-refractivity contribution in [2.45, 2.75) is 139 Å². The second kappa shape index (κ2) is 15.9. The zero-order valence-electron chi connectivity index (χ0n) is 44.9. The molecule has 74 heavy (non-hydrogen) atoms. The van der Waals surface area contributed by atoms with E-state index in [1.54, 1.807) is 0 Å². The SMILES string of the molecule is CC(C)(C)c1ccc(N2c3cc(C(C)(C)C)ccc3B3c4cccc5c4N(c4cc(N6c7ccccc7C7(c8ccccc8)CCCCC67C)cc2c43)C2(C)CCCCC52c2ccccc2)c(-c2ccccc2)c1. The van der Waals surface area contributed by atoms with E-state index in [4.69, 9.17) is 0 Å². The van der Waals surface area contributed by atoms with E-state index in [9.17, 15) is 0 Å². The van der Waals surface area contributed by atoms with Crippen molar-refractivity contribution in [3.8, 4) is 11.1 Å². The van der Waals surface area contributed by atoms with Gasteiger partial charge in [-0.2, -0.15) is 0 Å². The predicted octanol–water partition coefficient (Wildman–Crippen LogP) is 16.1. The third-order valence-electron chi connectivity index (χ3n) is 19.7. The number of benzene rings is 8. The summed E-state index contributed by atoms with van der Waals surface area (Å²) in [5.41, 5.74) is 23.7. The number of nitrogens with zero attached hydrogens (tertiary/aromatic N) is 3. The Morgan fingerprint density at radius 1 is 0.419 bits per heavy atom. The maximum absolute atomic E-state index is 2.95. The molecule has 0 amide bonds. The van der Waals surface area contributed by atoms with Gasteiger partial charge in [0.2, 0.25) is 0 Å². The Bertz CT molecular complexity index is 3550. The van der Waals surface area contributed by atoms with Gasteiger partial charge >= 0.3 is 0 Å². The fraction of sp³-hybridized carbons (Fsp3) is 0.314. The molecule has 2 fully saturated rings. The third kappa shape index (κ3) is 5.97. The monoisotopic (exact) mass is 964 g/mol. The molecule has 6 aliphatic rings. The van der Waals surface area contributed by atoms with Crippen LogP contribution in [0.5, 0.6) is 0 Å². The Morgan fingerprint density at radius 3 is 1.62 bits per heavy atom. The van der Waals surface area contributed by atoms with Crippen LogP contribution in [0.3, 0.4) is 0 Å². The lowest BCUT2D eigenvalue weighted by molar-refractivity contribution is 0.214. The van der Waals surface area contributed by atoms with Gasteiger partial charge in [-0.15, -0.1) is 0 Å². The Balaban J connectivity index is 1.14. The lowest BCUT2D eigenvalue weighted by atomic mass is 9.33. The fourth-order valence-corrected chi connectivity index (χ4v) is 16.3. The average molecular weight is 964 g/mol. The second-order valence-corrected chi connectivity index (χ2v) is 25.5. The minimum Gasteiger partial charge on any atom is -0.335 e. The van der Waals surface area contributed by atoms with Gasteiger partial charge in [-0.3, -0.25) is 0 Å². The highest BCUT2D eigenvalue weighted by molar-refractivity contribution is 7.00. The van der Waals surface area contributed by atoms with E-state index in [1.165, 1.54) is 126 Å². The van der Waals surface area contributed by atoms with Crippen LogP contribution in [-0.2, 0) is 21.7 Å². The summed E-state index contributed by atoms with van der Waals surface area (Å²) >= 11 is 0. The highest BCUT2D eigenvalue weighted by Gasteiger charge is 2.65. The average Bonchev–Trinajstić information content (AvgIpc) is 3.85. The molecule has 3 nitrogen and oxygen atoms in total. The molecule has 4 atom stereocenters. The van der Waals surface area contributed by atoms with Crippen LogP contribution in [0.1, 0.15) is 140 Å². The molecule has 0 radical (unpaired) electrons. The molecule has 4 unspecified atom stereocenters. The molecule has 2 saturated carbocycles. The van der Waals surface area contributed by atoms with Crippen molar-refractivity contribution >= 4 is 62.9 Å². The number of hydrogen-bond donors (Lipinski definition) is 0. The first kappa shape index (κ1) is 45.8. The molecule has 14 rings (SSSR count). The van der Waals surface area contributed by atoms with Crippen LogP contribution in [-0.4, -0.2) is 17.8 Å². The van der Waals surface area contributed by atoms with E-state index >= 15 is 0 Å². The van der Waals surface area contributed by atoms with E-state index in [0.29, 0.717) is 0 Å². The van der Waals surface area contributed by atoms with Crippen LogP contribution < -0.4 is 31.1 Å². The van der Waals surface area contributed by atoms with E-state index in [2.05, 4.69) is 252 Å². The summed E-state index contributed by atoms with van der Waals surface area (Å²) in [7, 11) is 0. The van der Waals surface area contributed by atoms with Crippen molar-refractivity contribution in [1.82, 2.24) is 0 Å². The maximum Gasteiger partial charge on any atom is 0.252 e. The molecule has 4 heterocycles. The molecule has 8 aromatic rings. The summed E-state index contributed by atoms with van der Waals surface area (Å²) in [6, 6.07) is 71.8. The molecule has 368 valence electrons. The number of fused-ring (bicyclic) bond motifs is 10. The molecule has 0 saturated heterocycles. The van der Waals surface area contributed by atoms with Crippen molar-refractivity contribution in [2.75, 3.05) is 14.7 Å². The number of para-hydroxylation sites is 2. The molecule has 0 aromatic heterocycles. The molecule has 2 aliphatic carbocycles. The van der Waals surface area contributed by atoms with Crippen LogP contribution in [0.15, 0.2) is 182 Å². The molecule has 4 aliphatic heterocycles. The standard InChI is InChI=1S/C70H70BN3/c1-65(2,3)50-36-38-58(53(43-50)47-25-12-9-13-26-47)72-60-44-51(66(4,5)6)35-37-56(60)71-57-33-24-32-55-64(57)74(68(8)40-21-23-42-70(55,68)49-29-16-11-17-30-49)62-46-52(45-61(72)63(62)71)73-59-34-19-18-31-54(59)69(48-27-14-10-15-28-48)41-22-20-39-67(69,73)7/h9-19,24-38,43-46H,20-23,39-42H2,1-8H3. The number of hydrogen-bond acceptors (Lipinski definition) is 3. The Hall–Kier alpha value is -6.78. The van der Waals surface area contributed by atoms with E-state index in [1.807, 2.05) is 0 Å². The quantitative estimate of drug-likeness (QED) is 0.159. The maximum atomic E-state index is 2.95. The zero-order valence-corrected chi connectivity index (χ0v) is 44.9. The Labute approximate surface area is 441 Å². The summed E-state index contributed by atoms with van der Waals surface area (Å²) in [6.45, 7) is 19.5. The van der Waals surface area contributed by atoms with Crippen LogP contribution in [0.4, 0.5) is 39.8 Å². The lowest BCUT2D eigenvalue weighted by Crippen LogP contribution is -2.65. The van der Waals surface area contributed by atoms with Gasteiger partial charge in [-0.05, 0) is 142 Å². The first-order chi connectivity index (χ1) is 35.7. The van der Waals surface area contributed by atoms with Crippen LogP contribution in [0.25, 0.3) is 11.1 Å². The van der Waals surface area contributed by atoms with E-state index < -0.39 is 0 Å². The minimum atomic E-state index is -0.234. The highest BCUT2D eigenvalue weighted by atomic mass is 15.3. The Kier molecular flexibility index (Phi) is 9.83. The summed E-state index contributed by atoms with van der Waals surface area (Å²) in [5.74, 6) is 0. The largest absolute Gasteiger partial charge is 0.335 e. The molecule has 0 bridgehead atoms. The van der Waals surface area contributed by atoms with Crippen molar-refractivity contribution in [3.05, 3.63) is 215 Å². The summed E-state index contributed by atoms with van der Waals surface area (Å²) in [5, 5.41) is 0. The topological polar surface area (TPSA) is 9.72 Å². The molecule has 0 N–H and O–H groups in total. The van der Waals surface area contributed by atoms with Gasteiger partial charge in [0.15, 0.2) is 0 Å². The third-order valence-corrected chi connectivity index (χ3v) is 19.7. The first-order valence-electron chi connectivity index (χ1n) is 28.0. The van der Waals surface area contributed by atoms with Crippen molar-refractivity contribution < 1.29 is 0 Å².